The van der Waals surface area contributed by atoms with Crippen LogP contribution in [-0.2, 0) is 9.59 Å². The molecule has 65 heavy (non-hydrogen) atoms. The van der Waals surface area contributed by atoms with Crippen LogP contribution in [0.4, 0.5) is 0 Å². The summed E-state index contributed by atoms with van der Waals surface area (Å²) in [4.78, 5) is 25.1. The molecule has 8 fully saturated rings. The first-order valence-corrected chi connectivity index (χ1v) is 25.7. The summed E-state index contributed by atoms with van der Waals surface area (Å²) in [7, 11) is 0. The molecule has 0 aliphatic heterocycles. The highest BCUT2D eigenvalue weighted by molar-refractivity contribution is 5.80. The van der Waals surface area contributed by atoms with E-state index in [9.17, 15) is 24.9 Å². The SMILES string of the molecule is C.C.C[C@@H](N)c1ccccc1.C[C@@H](NC(=O)[C@H]1CC[C@H]2[C@@H]3CC[C@@H]4C[C@](C)(O)CC[C@@H]4[C@H]3CC[C@]12C)c1ccccc1.C[C@@]1(O)CC[C@H]2[C@H](CC[C@@H]3[C@@H]2CC[C@]2(C)[C@@H](C(=O)O)CC[C@@H]32)C1. The first-order chi connectivity index (χ1) is 29.9. The molecule has 8 aliphatic rings. The highest BCUT2D eigenvalue weighted by atomic mass is 16.4. The summed E-state index contributed by atoms with van der Waals surface area (Å²) < 4.78 is 0. The zero-order valence-electron chi connectivity index (χ0n) is 39.8. The molecule has 7 nitrogen and oxygen atoms in total. The van der Waals surface area contributed by atoms with E-state index in [4.69, 9.17) is 5.73 Å². The van der Waals surface area contributed by atoms with Crippen molar-refractivity contribution < 1.29 is 24.9 Å². The molecule has 0 radical (unpaired) electrons. The van der Waals surface area contributed by atoms with Crippen molar-refractivity contribution in [3.05, 3.63) is 71.8 Å². The van der Waals surface area contributed by atoms with Gasteiger partial charge < -0.3 is 26.4 Å². The lowest BCUT2D eigenvalue weighted by Crippen LogP contribution is -2.51. The second-order valence-electron chi connectivity index (χ2n) is 23.9. The van der Waals surface area contributed by atoms with Gasteiger partial charge in [0.15, 0.2) is 0 Å². The number of carboxylic acid groups (broad SMARTS) is 1. The number of nitrogens with two attached hydrogens (primary N) is 1. The Morgan fingerprint density at radius 2 is 0.969 bits per heavy atom. The highest BCUT2D eigenvalue weighted by Crippen LogP contribution is 2.66. The number of amides is 1. The molecule has 1 amide bonds. The van der Waals surface area contributed by atoms with Gasteiger partial charge in [-0.2, -0.15) is 0 Å². The normalized spacial score (nSPS) is 43.0. The van der Waals surface area contributed by atoms with Gasteiger partial charge in [0.2, 0.25) is 5.91 Å². The van der Waals surface area contributed by atoms with Crippen LogP contribution in [0.15, 0.2) is 60.7 Å². The van der Waals surface area contributed by atoms with E-state index in [1.807, 2.05) is 69.3 Å². The maximum Gasteiger partial charge on any atom is 0.307 e. The number of rotatable bonds is 5. The maximum absolute atomic E-state index is 13.4. The van der Waals surface area contributed by atoms with Crippen LogP contribution >= 0.6 is 0 Å². The minimum atomic E-state index is -0.559. The molecular formula is C58H92N2O5. The molecule has 0 spiro atoms. The predicted molar refractivity (Wildman–Crippen MR) is 266 cm³/mol. The number of carboxylic acids is 1. The van der Waals surface area contributed by atoms with Gasteiger partial charge in [0.1, 0.15) is 0 Å². The van der Waals surface area contributed by atoms with Crippen LogP contribution in [0.3, 0.4) is 0 Å². The van der Waals surface area contributed by atoms with Crippen LogP contribution < -0.4 is 11.1 Å². The van der Waals surface area contributed by atoms with Crippen molar-refractivity contribution in [3.8, 4) is 0 Å². The second kappa shape index (κ2) is 20.5. The quantitative estimate of drug-likeness (QED) is 0.203. The zero-order valence-corrected chi connectivity index (χ0v) is 39.8. The fourth-order valence-corrected chi connectivity index (χ4v) is 16.9. The fraction of sp³-hybridized carbons (Fsp3) is 0.759. The number of aliphatic carboxylic acids is 1. The maximum atomic E-state index is 13.4. The number of hydrogen-bond acceptors (Lipinski definition) is 5. The van der Waals surface area contributed by atoms with Gasteiger partial charge >= 0.3 is 5.97 Å². The van der Waals surface area contributed by atoms with E-state index in [2.05, 4.69) is 38.2 Å². The summed E-state index contributed by atoms with van der Waals surface area (Å²) in [6.07, 6.45) is 20.6. The van der Waals surface area contributed by atoms with Crippen LogP contribution in [-0.4, -0.2) is 38.4 Å². The Labute approximate surface area is 395 Å². The number of nitrogens with one attached hydrogen (secondary N) is 1. The van der Waals surface area contributed by atoms with E-state index >= 15 is 0 Å². The number of fused-ring (bicyclic) bond motifs is 10. The first-order valence-electron chi connectivity index (χ1n) is 25.7. The molecular weight excluding hydrogens is 805 g/mol. The second-order valence-corrected chi connectivity index (χ2v) is 23.9. The van der Waals surface area contributed by atoms with Gasteiger partial charge in [-0.1, -0.05) is 89.4 Å². The molecule has 0 heterocycles. The Hall–Kier alpha value is -2.74. The monoisotopic (exact) mass is 897 g/mol. The van der Waals surface area contributed by atoms with E-state index in [-0.39, 0.29) is 55.5 Å². The molecule has 2 aromatic carbocycles. The number of carbonyl (C=O) groups excluding carboxylic acids is 1. The minimum Gasteiger partial charge on any atom is -0.481 e. The van der Waals surface area contributed by atoms with E-state index in [0.717, 1.165) is 92.8 Å². The summed E-state index contributed by atoms with van der Waals surface area (Å²) in [5.41, 5.74) is 7.31. The van der Waals surface area contributed by atoms with Gasteiger partial charge in [-0.15, -0.1) is 0 Å². The Balaban J connectivity index is 0.000000181. The van der Waals surface area contributed by atoms with Gasteiger partial charge in [0, 0.05) is 12.0 Å². The zero-order chi connectivity index (χ0) is 44.9. The number of hydrogen-bond donors (Lipinski definition) is 5. The highest BCUT2D eigenvalue weighted by Gasteiger charge is 2.60. The van der Waals surface area contributed by atoms with E-state index < -0.39 is 17.2 Å². The molecule has 0 saturated heterocycles. The lowest BCUT2D eigenvalue weighted by Gasteiger charge is -2.56. The van der Waals surface area contributed by atoms with Crippen LogP contribution in [0, 0.1) is 81.8 Å². The molecule has 18 atom stereocenters. The van der Waals surface area contributed by atoms with Crippen LogP contribution in [0.25, 0.3) is 0 Å². The van der Waals surface area contributed by atoms with Gasteiger partial charge in [0.05, 0.1) is 23.2 Å². The molecule has 6 N–H and O–H groups in total. The minimum absolute atomic E-state index is 0. The summed E-state index contributed by atoms with van der Waals surface area (Å²) in [5.74, 6) is 7.33. The number of carbonyl (C=O) groups is 2. The van der Waals surface area contributed by atoms with Crippen molar-refractivity contribution in [3.63, 3.8) is 0 Å². The summed E-state index contributed by atoms with van der Waals surface area (Å²) in [6.45, 7) is 12.9. The Morgan fingerprint density at radius 1 is 0.554 bits per heavy atom. The average molecular weight is 897 g/mol. The molecule has 0 aromatic heterocycles. The number of benzene rings is 2. The largest absolute Gasteiger partial charge is 0.481 e. The lowest BCUT2D eigenvalue weighted by atomic mass is 9.49. The molecule has 0 unspecified atom stereocenters. The molecule has 10 rings (SSSR count). The fourth-order valence-electron chi connectivity index (χ4n) is 16.9. The van der Waals surface area contributed by atoms with Gasteiger partial charge in [-0.3, -0.25) is 9.59 Å². The average Bonchev–Trinajstić information content (AvgIpc) is 3.81. The van der Waals surface area contributed by atoms with Crippen molar-refractivity contribution in [2.75, 3.05) is 0 Å². The Kier molecular flexibility index (Phi) is 16.3. The molecule has 7 heteroatoms. The molecule has 8 saturated carbocycles. The van der Waals surface area contributed by atoms with Crippen LogP contribution in [0.5, 0.6) is 0 Å². The molecule has 2 aromatic rings. The lowest BCUT2D eigenvalue weighted by molar-refractivity contribution is -0.150. The summed E-state index contributed by atoms with van der Waals surface area (Å²) in [6, 6.07) is 20.6. The van der Waals surface area contributed by atoms with E-state index in [0.29, 0.717) is 17.8 Å². The summed E-state index contributed by atoms with van der Waals surface area (Å²) in [5, 5.41) is 34.0. The van der Waals surface area contributed by atoms with E-state index in [1.54, 1.807) is 0 Å². The van der Waals surface area contributed by atoms with Gasteiger partial charge in [-0.05, 0) is 224 Å². The van der Waals surface area contributed by atoms with Crippen molar-refractivity contribution in [2.24, 2.45) is 87.6 Å². The predicted octanol–water partition coefficient (Wildman–Crippen LogP) is 13.0. The number of aliphatic hydroxyl groups is 2. The summed E-state index contributed by atoms with van der Waals surface area (Å²) >= 11 is 0. The third-order valence-corrected chi connectivity index (χ3v) is 20.1. The van der Waals surface area contributed by atoms with Crippen LogP contribution in [0.2, 0.25) is 0 Å². The Bertz CT molecular complexity index is 1870. The van der Waals surface area contributed by atoms with Gasteiger partial charge in [-0.25, -0.2) is 0 Å². The molecule has 8 aliphatic carbocycles. The molecule has 364 valence electrons. The van der Waals surface area contributed by atoms with Crippen molar-refractivity contribution in [1.82, 2.24) is 5.32 Å². The van der Waals surface area contributed by atoms with Crippen molar-refractivity contribution >= 4 is 11.9 Å². The van der Waals surface area contributed by atoms with Crippen molar-refractivity contribution in [2.45, 2.75) is 195 Å². The standard InChI is InChI=1S/C28H41NO2.C20H32O3.C8H11N.2CH4/c1-18(19-7-5-4-6-8-19)29-26(30)25-12-11-24-23-10-9-20-17-27(2,31)15-13-21(20)22(23)14-16-28(24,25)3;1-19(23)9-7-13-12(11-19)3-4-15-14(13)8-10-20(2)16(15)5-6-17(20)18(21)22;1-7(9)8-5-3-2-4-6-8;;/h4-8,18,20-25,31H,9-17H2,1-3H3,(H,29,30);12-17,23H,3-11H2,1-2H3,(H,21,22);2-7H,9H2,1H3;2*1H4/t18-,20-,21+,22-,23-,24+,25-,27-,28+;12-,13+,14-,15-,16+,17-,19-,20+;7-;;/m111../s1. The van der Waals surface area contributed by atoms with E-state index in [1.165, 1.54) is 75.3 Å². The third-order valence-electron chi connectivity index (χ3n) is 20.1. The smallest absolute Gasteiger partial charge is 0.307 e. The molecule has 0 bridgehead atoms. The third kappa shape index (κ3) is 10.5. The Morgan fingerprint density at radius 3 is 1.40 bits per heavy atom. The first kappa shape index (κ1) is 51.6. The van der Waals surface area contributed by atoms with Gasteiger partial charge in [0.25, 0.3) is 0 Å². The van der Waals surface area contributed by atoms with Crippen LogP contribution in [0.1, 0.15) is 195 Å². The topological polar surface area (TPSA) is 133 Å². The van der Waals surface area contributed by atoms with Crippen molar-refractivity contribution in [1.29, 1.82) is 0 Å².